The van der Waals surface area contributed by atoms with Gasteiger partial charge in [0.2, 0.25) is 0 Å². The molecule has 0 saturated heterocycles. The smallest absolute Gasteiger partial charge is 0.261 e. The van der Waals surface area contributed by atoms with Crippen LogP contribution in [0.3, 0.4) is 0 Å². The Bertz CT molecular complexity index is 1180. The number of imide groups is 1. The van der Waals surface area contributed by atoms with Crippen molar-refractivity contribution in [3.63, 3.8) is 0 Å². The maximum Gasteiger partial charge on any atom is 0.261 e. The summed E-state index contributed by atoms with van der Waals surface area (Å²) in [7, 11) is 0. The molecular weight excluding hydrogens is 366 g/mol. The normalized spacial score (nSPS) is 19.9. The molecule has 7 heteroatoms. The molecule has 4 aliphatic heterocycles. The molecule has 5 heterocycles. The van der Waals surface area contributed by atoms with E-state index in [-0.39, 0.29) is 5.91 Å². The SMILES string of the molecule is O=C1NC(=O)C(c2cnc3n2CCCC3)=C1C1=NC=CN2CCc3cccc1c32. The number of carbonyl (C=O) groups excluding carboxylic acids is 2. The van der Waals surface area contributed by atoms with Crippen molar-refractivity contribution in [1.82, 2.24) is 14.9 Å². The molecule has 1 aromatic carbocycles. The van der Waals surface area contributed by atoms with Crippen LogP contribution in [0.4, 0.5) is 5.69 Å². The quantitative estimate of drug-likeness (QED) is 0.802. The summed E-state index contributed by atoms with van der Waals surface area (Å²) in [5, 5.41) is 2.49. The molecule has 0 spiro atoms. The fraction of sp³-hybridized carbons (Fsp3) is 0.273. The highest BCUT2D eigenvalue weighted by Crippen LogP contribution is 2.37. The number of aryl methyl sites for hydroxylation is 1. The van der Waals surface area contributed by atoms with Crippen LogP contribution in [0.2, 0.25) is 0 Å². The monoisotopic (exact) mass is 385 g/mol. The van der Waals surface area contributed by atoms with Crippen molar-refractivity contribution >= 4 is 28.8 Å². The van der Waals surface area contributed by atoms with Crippen molar-refractivity contribution in [3.05, 3.63) is 65.0 Å². The molecule has 7 nitrogen and oxygen atoms in total. The van der Waals surface area contributed by atoms with Crippen molar-refractivity contribution < 1.29 is 9.59 Å². The summed E-state index contributed by atoms with van der Waals surface area (Å²) in [5.41, 5.74) is 5.18. The van der Waals surface area contributed by atoms with Gasteiger partial charge in [-0.15, -0.1) is 0 Å². The number of fused-ring (bicyclic) bond motifs is 1. The zero-order valence-corrected chi connectivity index (χ0v) is 15.8. The summed E-state index contributed by atoms with van der Waals surface area (Å²) in [6.45, 7) is 1.70. The second-order valence-corrected chi connectivity index (χ2v) is 7.73. The molecule has 1 aromatic heterocycles. The van der Waals surface area contributed by atoms with Gasteiger partial charge >= 0.3 is 0 Å². The van der Waals surface area contributed by atoms with Crippen LogP contribution in [0.25, 0.3) is 5.57 Å². The van der Waals surface area contributed by atoms with Crippen molar-refractivity contribution in [3.8, 4) is 0 Å². The predicted molar refractivity (Wildman–Crippen MR) is 108 cm³/mol. The van der Waals surface area contributed by atoms with E-state index in [2.05, 4.69) is 30.8 Å². The van der Waals surface area contributed by atoms with E-state index in [4.69, 9.17) is 0 Å². The minimum absolute atomic E-state index is 0.343. The lowest BCUT2D eigenvalue weighted by Gasteiger charge is -2.18. The molecule has 6 rings (SSSR count). The lowest BCUT2D eigenvalue weighted by atomic mass is 9.94. The minimum atomic E-state index is -0.396. The van der Waals surface area contributed by atoms with E-state index < -0.39 is 5.91 Å². The number of amides is 2. The van der Waals surface area contributed by atoms with Crippen LogP contribution in [0.5, 0.6) is 0 Å². The Labute approximate surface area is 167 Å². The lowest BCUT2D eigenvalue weighted by molar-refractivity contribution is -0.123. The first-order valence-electron chi connectivity index (χ1n) is 10.0. The van der Waals surface area contributed by atoms with E-state index in [1.807, 2.05) is 18.3 Å². The molecule has 2 amide bonds. The second kappa shape index (κ2) is 6.01. The van der Waals surface area contributed by atoms with Gasteiger partial charge in [-0.05, 0) is 24.8 Å². The van der Waals surface area contributed by atoms with Gasteiger partial charge in [0.05, 0.1) is 34.4 Å². The van der Waals surface area contributed by atoms with E-state index in [0.29, 0.717) is 22.6 Å². The standard InChI is InChI=1S/C22H19N5O2/c28-21-17(15-12-24-16-6-1-2-9-27(15)16)18(22(29)25-21)19-14-5-3-4-13-7-10-26(20(13)14)11-8-23-19/h3-5,8,11-12H,1-2,6-7,9-10H2,(H,25,28,29). The highest BCUT2D eigenvalue weighted by Gasteiger charge is 2.38. The van der Waals surface area contributed by atoms with Crippen LogP contribution in [0.15, 0.2) is 47.4 Å². The Morgan fingerprint density at radius 1 is 1.00 bits per heavy atom. The van der Waals surface area contributed by atoms with Gasteiger partial charge < -0.3 is 9.47 Å². The summed E-state index contributed by atoms with van der Waals surface area (Å²) in [6, 6.07) is 6.09. The van der Waals surface area contributed by atoms with E-state index >= 15 is 0 Å². The molecule has 0 saturated carbocycles. The van der Waals surface area contributed by atoms with Crippen molar-refractivity contribution in [1.29, 1.82) is 0 Å². The highest BCUT2D eigenvalue weighted by molar-refractivity contribution is 6.47. The average Bonchev–Trinajstić information content (AvgIpc) is 3.37. The molecule has 0 atom stereocenters. The van der Waals surface area contributed by atoms with Crippen LogP contribution in [0, 0.1) is 0 Å². The Balaban J connectivity index is 1.60. The zero-order valence-electron chi connectivity index (χ0n) is 15.8. The number of para-hydroxylation sites is 1. The maximum atomic E-state index is 12.9. The molecule has 2 aromatic rings. The zero-order chi connectivity index (χ0) is 19.5. The van der Waals surface area contributed by atoms with Crippen LogP contribution in [-0.4, -0.2) is 33.6 Å². The van der Waals surface area contributed by atoms with Gasteiger partial charge in [0.1, 0.15) is 5.82 Å². The summed E-state index contributed by atoms with van der Waals surface area (Å²) < 4.78 is 2.08. The number of rotatable bonds is 2. The molecule has 0 aliphatic carbocycles. The number of aliphatic imine (C=N–C) groups is 1. The third-order valence-corrected chi connectivity index (χ3v) is 6.13. The number of aromatic nitrogens is 2. The largest absolute Gasteiger partial charge is 0.345 e. The Kier molecular flexibility index (Phi) is 3.41. The number of hydrogen-bond acceptors (Lipinski definition) is 5. The van der Waals surface area contributed by atoms with Gasteiger partial charge in [0.25, 0.3) is 11.8 Å². The first-order chi connectivity index (χ1) is 14.2. The summed E-state index contributed by atoms with van der Waals surface area (Å²) in [6.07, 6.45) is 9.37. The lowest BCUT2D eigenvalue weighted by Crippen LogP contribution is -2.25. The third kappa shape index (κ3) is 2.30. The Hall–Kier alpha value is -3.48. The molecule has 0 unspecified atom stereocenters. The predicted octanol–water partition coefficient (Wildman–Crippen LogP) is 1.97. The van der Waals surface area contributed by atoms with E-state index in [9.17, 15) is 9.59 Å². The van der Waals surface area contributed by atoms with E-state index in [1.54, 1.807) is 12.4 Å². The van der Waals surface area contributed by atoms with Gasteiger partial charge in [0.15, 0.2) is 0 Å². The highest BCUT2D eigenvalue weighted by atomic mass is 16.2. The number of nitrogens with zero attached hydrogens (tertiary/aromatic N) is 4. The van der Waals surface area contributed by atoms with Gasteiger partial charge in [0, 0.05) is 37.5 Å². The summed E-state index contributed by atoms with van der Waals surface area (Å²) >= 11 is 0. The van der Waals surface area contributed by atoms with Crippen LogP contribution in [0.1, 0.15) is 35.5 Å². The summed E-state index contributed by atoms with van der Waals surface area (Å²) in [4.78, 5) is 37.1. The number of imidazole rings is 1. The molecule has 0 radical (unpaired) electrons. The average molecular weight is 385 g/mol. The molecule has 29 heavy (non-hydrogen) atoms. The molecule has 1 N–H and O–H groups in total. The number of benzene rings is 1. The molecule has 0 fully saturated rings. The molecule has 0 bridgehead atoms. The molecular formula is C22H19N5O2. The van der Waals surface area contributed by atoms with Crippen LogP contribution in [-0.2, 0) is 29.0 Å². The molecule has 144 valence electrons. The second-order valence-electron chi connectivity index (χ2n) is 7.73. The van der Waals surface area contributed by atoms with Gasteiger partial charge in [-0.1, -0.05) is 18.2 Å². The minimum Gasteiger partial charge on any atom is -0.345 e. The van der Waals surface area contributed by atoms with E-state index in [0.717, 1.165) is 55.8 Å². The maximum absolute atomic E-state index is 12.9. The third-order valence-electron chi connectivity index (χ3n) is 6.13. The first kappa shape index (κ1) is 16.5. The van der Waals surface area contributed by atoms with Gasteiger partial charge in [-0.3, -0.25) is 19.9 Å². The number of anilines is 1. The van der Waals surface area contributed by atoms with Crippen molar-refractivity contribution in [2.24, 2.45) is 4.99 Å². The van der Waals surface area contributed by atoms with Gasteiger partial charge in [-0.25, -0.2) is 4.98 Å². The van der Waals surface area contributed by atoms with Gasteiger partial charge in [-0.2, -0.15) is 0 Å². The van der Waals surface area contributed by atoms with E-state index in [1.165, 1.54) is 5.56 Å². The Morgan fingerprint density at radius 2 is 1.90 bits per heavy atom. The topological polar surface area (TPSA) is 79.6 Å². The number of hydrogen-bond donors (Lipinski definition) is 1. The fourth-order valence-electron chi connectivity index (χ4n) is 4.82. The number of carbonyl (C=O) groups is 2. The number of nitrogens with one attached hydrogen (secondary N) is 1. The fourth-order valence-corrected chi connectivity index (χ4v) is 4.82. The van der Waals surface area contributed by atoms with Crippen molar-refractivity contribution in [2.75, 3.05) is 11.4 Å². The summed E-state index contributed by atoms with van der Waals surface area (Å²) in [5.74, 6) is 0.200. The van der Waals surface area contributed by atoms with Crippen LogP contribution >= 0.6 is 0 Å². The first-order valence-corrected chi connectivity index (χ1v) is 10.0. The molecule has 4 aliphatic rings. The Morgan fingerprint density at radius 3 is 2.83 bits per heavy atom. The van der Waals surface area contributed by atoms with Crippen LogP contribution < -0.4 is 10.2 Å². The van der Waals surface area contributed by atoms with Crippen molar-refractivity contribution in [2.45, 2.75) is 32.2 Å².